The highest BCUT2D eigenvalue weighted by Gasteiger charge is 2.07. The van der Waals surface area contributed by atoms with E-state index in [2.05, 4.69) is 21.8 Å². The van der Waals surface area contributed by atoms with Crippen molar-refractivity contribution in [3.05, 3.63) is 52.6 Å². The first-order valence-electron chi connectivity index (χ1n) is 7.84. The Morgan fingerprint density at radius 3 is 2.54 bits per heavy atom. The van der Waals surface area contributed by atoms with Gasteiger partial charge in [0.25, 0.3) is 5.69 Å². The van der Waals surface area contributed by atoms with Crippen molar-refractivity contribution in [3.63, 3.8) is 0 Å². The van der Waals surface area contributed by atoms with Gasteiger partial charge in [-0.3, -0.25) is 15.1 Å². The van der Waals surface area contributed by atoms with Crippen molar-refractivity contribution in [3.8, 4) is 0 Å². The first-order valence-corrected chi connectivity index (χ1v) is 7.84. The molecule has 1 N–H and O–H groups in total. The van der Waals surface area contributed by atoms with Crippen LogP contribution in [0.15, 0.2) is 41.9 Å². The number of benzene rings is 1. The topological polar surface area (TPSA) is 70.8 Å². The predicted molar refractivity (Wildman–Crippen MR) is 110 cm³/mol. The molecule has 1 aromatic carbocycles. The second-order valence-corrected chi connectivity index (χ2v) is 5.38. The first-order chi connectivity index (χ1) is 11.1. The highest BCUT2D eigenvalue weighted by molar-refractivity contribution is 14.0. The molecule has 0 fully saturated rings. The van der Waals surface area contributed by atoms with Gasteiger partial charge in [-0.05, 0) is 24.8 Å². The number of allylic oxidation sites excluding steroid dienone is 1. The van der Waals surface area contributed by atoms with Gasteiger partial charge in [-0.15, -0.1) is 30.6 Å². The molecule has 0 unspecified atom stereocenters. The van der Waals surface area contributed by atoms with E-state index in [1.807, 2.05) is 13.1 Å². The summed E-state index contributed by atoms with van der Waals surface area (Å²) < 4.78 is 0. The maximum absolute atomic E-state index is 10.6. The van der Waals surface area contributed by atoms with E-state index in [0.29, 0.717) is 6.54 Å². The molecule has 0 spiro atoms. The Bertz CT molecular complexity index is 532. The fraction of sp³-hybridized carbons (Fsp3) is 0.471. The largest absolute Gasteiger partial charge is 0.352 e. The molecule has 0 amide bonds. The molecule has 0 aliphatic rings. The van der Waals surface area contributed by atoms with Gasteiger partial charge < -0.3 is 10.2 Å². The number of hydrogen-bond donors (Lipinski definition) is 1. The number of nitro benzene ring substituents is 1. The van der Waals surface area contributed by atoms with E-state index in [1.54, 1.807) is 19.2 Å². The lowest BCUT2D eigenvalue weighted by Gasteiger charge is -2.22. The van der Waals surface area contributed by atoms with Gasteiger partial charge >= 0.3 is 0 Å². The van der Waals surface area contributed by atoms with Crippen molar-refractivity contribution in [1.29, 1.82) is 0 Å². The maximum atomic E-state index is 10.6. The van der Waals surface area contributed by atoms with E-state index in [0.717, 1.165) is 30.9 Å². The van der Waals surface area contributed by atoms with Crippen LogP contribution in [0.2, 0.25) is 0 Å². The Morgan fingerprint density at radius 1 is 1.33 bits per heavy atom. The third-order valence-corrected chi connectivity index (χ3v) is 3.57. The van der Waals surface area contributed by atoms with Gasteiger partial charge in [0, 0.05) is 39.3 Å². The molecule has 0 radical (unpaired) electrons. The molecule has 7 heteroatoms. The monoisotopic (exact) mass is 446 g/mol. The molecule has 134 valence electrons. The normalized spacial score (nSPS) is 10.7. The fourth-order valence-corrected chi connectivity index (χ4v) is 2.22. The molecule has 0 atom stereocenters. The van der Waals surface area contributed by atoms with E-state index in [4.69, 9.17) is 0 Å². The average molecular weight is 446 g/mol. The standard InChI is InChI=1S/C17H26N4O2.HI/c1-4-5-6-7-8-13-20(3)17(18-2)19-14-15-9-11-16(12-10-15)21(22)23;/h4,9-12H,1,5-8,13-14H2,2-3H3,(H,18,19);1H. The molecule has 24 heavy (non-hydrogen) atoms. The SMILES string of the molecule is C=CCCCCCN(C)C(=NC)NCc1ccc([N+](=O)[O-])cc1.I. The third-order valence-electron chi connectivity index (χ3n) is 3.57. The molecule has 1 aromatic rings. The predicted octanol–water partition coefficient (Wildman–Crippen LogP) is 3.97. The number of rotatable bonds is 9. The fourth-order valence-electron chi connectivity index (χ4n) is 2.22. The number of halogens is 1. The average Bonchev–Trinajstić information content (AvgIpc) is 2.55. The van der Waals surface area contributed by atoms with Crippen LogP contribution >= 0.6 is 24.0 Å². The Morgan fingerprint density at radius 2 is 2.00 bits per heavy atom. The number of unbranched alkanes of at least 4 members (excludes halogenated alkanes) is 3. The first kappa shape index (κ1) is 22.4. The van der Waals surface area contributed by atoms with E-state index in [1.165, 1.54) is 25.0 Å². The van der Waals surface area contributed by atoms with Crippen molar-refractivity contribution < 1.29 is 4.92 Å². The third kappa shape index (κ3) is 8.28. The second-order valence-electron chi connectivity index (χ2n) is 5.38. The minimum absolute atomic E-state index is 0. The summed E-state index contributed by atoms with van der Waals surface area (Å²) in [6, 6.07) is 6.55. The summed E-state index contributed by atoms with van der Waals surface area (Å²) in [6.45, 7) is 5.26. The number of hydrogen-bond acceptors (Lipinski definition) is 3. The second kappa shape index (κ2) is 12.7. The summed E-state index contributed by atoms with van der Waals surface area (Å²) in [5.74, 6) is 0.826. The van der Waals surface area contributed by atoms with Crippen LogP contribution in [-0.4, -0.2) is 36.4 Å². The quantitative estimate of drug-likeness (QED) is 0.119. The van der Waals surface area contributed by atoms with Crippen LogP contribution in [0.25, 0.3) is 0 Å². The van der Waals surface area contributed by atoms with Crippen LogP contribution in [0.1, 0.15) is 31.2 Å². The zero-order valence-corrected chi connectivity index (χ0v) is 16.7. The van der Waals surface area contributed by atoms with Crippen LogP contribution in [0.5, 0.6) is 0 Å². The van der Waals surface area contributed by atoms with Gasteiger partial charge in [0.15, 0.2) is 5.96 Å². The molecule has 0 saturated heterocycles. The van der Waals surface area contributed by atoms with Gasteiger partial charge in [0.1, 0.15) is 0 Å². The van der Waals surface area contributed by atoms with Crippen LogP contribution in [0.4, 0.5) is 5.69 Å². The van der Waals surface area contributed by atoms with Crippen LogP contribution in [0, 0.1) is 10.1 Å². The Balaban J connectivity index is 0.00000529. The molecular weight excluding hydrogens is 419 g/mol. The van der Waals surface area contributed by atoms with E-state index in [-0.39, 0.29) is 29.7 Å². The molecule has 0 saturated carbocycles. The Hall–Kier alpha value is -1.64. The summed E-state index contributed by atoms with van der Waals surface area (Å²) >= 11 is 0. The molecule has 0 aromatic heterocycles. The number of nitrogens with one attached hydrogen (secondary N) is 1. The molecule has 0 aliphatic carbocycles. The Labute approximate surface area is 161 Å². The molecule has 0 heterocycles. The summed E-state index contributed by atoms with van der Waals surface area (Å²) in [6.07, 6.45) is 6.48. The minimum atomic E-state index is -0.393. The Kier molecular flexibility index (Phi) is 11.9. The molecule has 0 aliphatic heterocycles. The van der Waals surface area contributed by atoms with E-state index < -0.39 is 4.92 Å². The number of guanidine groups is 1. The lowest BCUT2D eigenvalue weighted by molar-refractivity contribution is -0.384. The summed E-state index contributed by atoms with van der Waals surface area (Å²) in [7, 11) is 3.77. The van der Waals surface area contributed by atoms with Crippen LogP contribution in [-0.2, 0) is 6.54 Å². The molecule has 1 rings (SSSR count). The minimum Gasteiger partial charge on any atom is -0.352 e. The number of aliphatic imine (C=N–C) groups is 1. The van der Waals surface area contributed by atoms with Gasteiger partial charge in [-0.2, -0.15) is 0 Å². The summed E-state index contributed by atoms with van der Waals surface area (Å²) in [5.41, 5.74) is 1.09. The van der Waals surface area contributed by atoms with Gasteiger partial charge in [0.2, 0.25) is 0 Å². The highest BCUT2D eigenvalue weighted by Crippen LogP contribution is 2.11. The van der Waals surface area contributed by atoms with Gasteiger partial charge in [-0.1, -0.05) is 24.6 Å². The summed E-state index contributed by atoms with van der Waals surface area (Å²) in [4.78, 5) is 16.6. The van der Waals surface area contributed by atoms with Crippen molar-refractivity contribution >= 4 is 35.6 Å². The van der Waals surface area contributed by atoms with E-state index >= 15 is 0 Å². The van der Waals surface area contributed by atoms with Crippen molar-refractivity contribution in [2.45, 2.75) is 32.2 Å². The van der Waals surface area contributed by atoms with Crippen molar-refractivity contribution in [2.75, 3.05) is 20.6 Å². The number of nitrogens with zero attached hydrogens (tertiary/aromatic N) is 3. The lowest BCUT2D eigenvalue weighted by atomic mass is 10.2. The zero-order chi connectivity index (χ0) is 17.1. The molecular formula is C17H27IN4O2. The zero-order valence-electron chi connectivity index (χ0n) is 14.4. The van der Waals surface area contributed by atoms with E-state index in [9.17, 15) is 10.1 Å². The molecule has 0 bridgehead atoms. The smallest absolute Gasteiger partial charge is 0.269 e. The van der Waals surface area contributed by atoms with Crippen molar-refractivity contribution in [2.24, 2.45) is 4.99 Å². The van der Waals surface area contributed by atoms with Crippen LogP contribution < -0.4 is 5.32 Å². The summed E-state index contributed by atoms with van der Waals surface area (Å²) in [5, 5.41) is 13.9. The molecule has 6 nitrogen and oxygen atoms in total. The highest BCUT2D eigenvalue weighted by atomic mass is 127. The number of non-ortho nitro benzene ring substituents is 1. The lowest BCUT2D eigenvalue weighted by Crippen LogP contribution is -2.38. The maximum Gasteiger partial charge on any atom is 0.269 e. The number of nitro groups is 1. The van der Waals surface area contributed by atoms with Crippen molar-refractivity contribution in [1.82, 2.24) is 10.2 Å². The van der Waals surface area contributed by atoms with Crippen LogP contribution in [0.3, 0.4) is 0 Å². The van der Waals surface area contributed by atoms with Gasteiger partial charge in [0.05, 0.1) is 4.92 Å². The van der Waals surface area contributed by atoms with Gasteiger partial charge in [-0.25, -0.2) is 0 Å².